The Bertz CT molecular complexity index is 1140. The van der Waals surface area contributed by atoms with Gasteiger partial charge in [-0.2, -0.15) is 0 Å². The fourth-order valence-corrected chi connectivity index (χ4v) is 4.57. The first-order valence-electron chi connectivity index (χ1n) is 12.6. The molecule has 37 heavy (non-hydrogen) atoms. The number of carbonyl (C=O) groups is 1. The second kappa shape index (κ2) is 11.6. The monoisotopic (exact) mass is 508 g/mol. The minimum absolute atomic E-state index is 0.0156. The summed E-state index contributed by atoms with van der Waals surface area (Å²) in [6.45, 7) is 7.43. The van der Waals surface area contributed by atoms with Crippen molar-refractivity contribution in [2.45, 2.75) is 64.3 Å². The van der Waals surface area contributed by atoms with Crippen LogP contribution in [0.1, 0.15) is 50.0 Å². The number of ether oxygens (including phenoxy) is 5. The molecule has 0 amide bonds. The number of hydrogen-bond donors (Lipinski definition) is 1. The van der Waals surface area contributed by atoms with Gasteiger partial charge < -0.3 is 28.8 Å². The maximum absolute atomic E-state index is 13.5. The molecule has 2 heterocycles. The number of hydrogen-bond acceptors (Lipinski definition) is 7. The Labute approximate surface area is 218 Å². The summed E-state index contributed by atoms with van der Waals surface area (Å²) in [6.07, 6.45) is 5.61. The van der Waals surface area contributed by atoms with Gasteiger partial charge in [0.2, 0.25) is 0 Å². The number of fused-ring (bicyclic) bond motifs is 2. The molecule has 5 atom stereocenters. The first-order valence-corrected chi connectivity index (χ1v) is 12.6. The summed E-state index contributed by atoms with van der Waals surface area (Å²) in [7, 11) is 1.53. The highest BCUT2D eigenvalue weighted by Gasteiger charge is 2.43. The normalized spacial score (nSPS) is 29.4. The molecule has 0 radical (unpaired) electrons. The lowest BCUT2D eigenvalue weighted by Crippen LogP contribution is -2.34. The standard InChI is InChI=1S/C30H36O7/c1-19-14-15-24(31)28-25(36-30(3,4)37-28)13-9-12-22-16-23(21-10-7-6-8-11-21)17-26(34-18-33-5)27(22)29(32)35-20(19)2/h6-12,14-17,19-20,24-25,28,31H,13,18H2,1-5H3/b12-9+,15-14-/t19-,20+,24?,25+,28-/m1/s1. The van der Waals surface area contributed by atoms with Crippen molar-refractivity contribution in [3.05, 3.63) is 71.8 Å². The Morgan fingerprint density at radius 2 is 1.81 bits per heavy atom. The third-order valence-corrected chi connectivity index (χ3v) is 6.65. The Morgan fingerprint density at radius 3 is 2.54 bits per heavy atom. The zero-order valence-corrected chi connectivity index (χ0v) is 22.0. The molecular weight excluding hydrogens is 472 g/mol. The van der Waals surface area contributed by atoms with Crippen LogP contribution in [0.3, 0.4) is 0 Å². The molecule has 0 bridgehead atoms. The van der Waals surface area contributed by atoms with E-state index in [2.05, 4.69) is 0 Å². The van der Waals surface area contributed by atoms with Gasteiger partial charge in [-0.25, -0.2) is 4.79 Å². The molecule has 0 spiro atoms. The van der Waals surface area contributed by atoms with Gasteiger partial charge >= 0.3 is 5.97 Å². The van der Waals surface area contributed by atoms with E-state index in [0.717, 1.165) is 11.1 Å². The van der Waals surface area contributed by atoms with E-state index in [9.17, 15) is 9.90 Å². The number of cyclic esters (lactones) is 1. The predicted octanol–water partition coefficient (Wildman–Crippen LogP) is 5.37. The third kappa shape index (κ3) is 6.48. The highest BCUT2D eigenvalue weighted by atomic mass is 16.8. The van der Waals surface area contributed by atoms with Crippen molar-refractivity contribution < 1.29 is 33.6 Å². The number of aliphatic hydroxyl groups excluding tert-OH is 1. The van der Waals surface area contributed by atoms with Gasteiger partial charge in [0.15, 0.2) is 12.6 Å². The van der Waals surface area contributed by atoms with Crippen LogP contribution in [0.15, 0.2) is 60.7 Å². The van der Waals surface area contributed by atoms with Gasteiger partial charge in [-0.1, -0.05) is 61.6 Å². The number of carbonyl (C=O) groups excluding carboxylic acids is 1. The van der Waals surface area contributed by atoms with E-state index in [1.54, 1.807) is 6.08 Å². The zero-order chi connectivity index (χ0) is 26.6. The zero-order valence-electron chi connectivity index (χ0n) is 22.0. The number of aliphatic hydroxyl groups is 1. The van der Waals surface area contributed by atoms with E-state index in [0.29, 0.717) is 23.3 Å². The van der Waals surface area contributed by atoms with E-state index in [4.69, 9.17) is 23.7 Å². The van der Waals surface area contributed by atoms with Crippen molar-refractivity contribution in [3.63, 3.8) is 0 Å². The minimum Gasteiger partial charge on any atom is -0.467 e. The Balaban J connectivity index is 1.81. The van der Waals surface area contributed by atoms with Gasteiger partial charge in [0.25, 0.3) is 0 Å². The first kappa shape index (κ1) is 27.1. The summed E-state index contributed by atoms with van der Waals surface area (Å²) in [5.41, 5.74) is 2.86. The lowest BCUT2D eigenvalue weighted by Gasteiger charge is -2.23. The number of benzene rings is 2. The van der Waals surface area contributed by atoms with Crippen molar-refractivity contribution >= 4 is 12.0 Å². The molecule has 2 aromatic rings. The molecule has 2 aromatic carbocycles. The van der Waals surface area contributed by atoms with Crippen LogP contribution in [0.25, 0.3) is 17.2 Å². The predicted molar refractivity (Wildman–Crippen MR) is 141 cm³/mol. The van der Waals surface area contributed by atoms with Crippen molar-refractivity contribution in [1.82, 2.24) is 0 Å². The maximum atomic E-state index is 13.5. The molecule has 198 valence electrons. The number of rotatable bonds is 4. The third-order valence-electron chi connectivity index (χ3n) is 6.65. The van der Waals surface area contributed by atoms with Crippen LogP contribution in [0, 0.1) is 5.92 Å². The lowest BCUT2D eigenvalue weighted by atomic mass is 9.96. The summed E-state index contributed by atoms with van der Waals surface area (Å²) in [6, 6.07) is 13.7. The Hall–Kier alpha value is -2.97. The lowest BCUT2D eigenvalue weighted by molar-refractivity contribution is -0.152. The molecular formula is C30H36O7. The smallest absolute Gasteiger partial charge is 0.342 e. The summed E-state index contributed by atoms with van der Waals surface area (Å²) < 4.78 is 29.0. The molecule has 1 N–H and O–H groups in total. The van der Waals surface area contributed by atoms with Crippen LogP contribution in [-0.2, 0) is 18.9 Å². The molecule has 0 aromatic heterocycles. The number of esters is 1. The van der Waals surface area contributed by atoms with Crippen LogP contribution in [-0.4, -0.2) is 55.2 Å². The molecule has 0 aliphatic carbocycles. The summed E-state index contributed by atoms with van der Waals surface area (Å²) in [5.74, 6) is -1.08. The van der Waals surface area contributed by atoms with Gasteiger partial charge in [-0.3, -0.25) is 0 Å². The topological polar surface area (TPSA) is 83.5 Å². The minimum atomic E-state index is -0.862. The fraction of sp³-hybridized carbons (Fsp3) is 0.433. The highest BCUT2D eigenvalue weighted by Crippen LogP contribution is 2.35. The summed E-state index contributed by atoms with van der Waals surface area (Å²) >= 11 is 0. The van der Waals surface area contributed by atoms with Crippen LogP contribution in [0.4, 0.5) is 0 Å². The second-order valence-corrected chi connectivity index (χ2v) is 9.98. The van der Waals surface area contributed by atoms with E-state index in [1.807, 2.05) is 88.4 Å². The average Bonchev–Trinajstić information content (AvgIpc) is 3.19. The summed E-state index contributed by atoms with van der Waals surface area (Å²) in [4.78, 5) is 13.5. The van der Waals surface area contributed by atoms with Crippen LogP contribution in [0.5, 0.6) is 5.75 Å². The average molecular weight is 509 g/mol. The largest absolute Gasteiger partial charge is 0.467 e. The summed E-state index contributed by atoms with van der Waals surface area (Å²) in [5, 5.41) is 10.9. The van der Waals surface area contributed by atoms with Gasteiger partial charge in [-0.05, 0) is 56.0 Å². The first-order chi connectivity index (χ1) is 17.7. The van der Waals surface area contributed by atoms with Gasteiger partial charge in [0.05, 0.1) is 6.10 Å². The molecule has 7 heteroatoms. The quantitative estimate of drug-likeness (QED) is 0.338. The van der Waals surface area contributed by atoms with E-state index in [1.165, 1.54) is 7.11 Å². The van der Waals surface area contributed by atoms with Crippen LogP contribution < -0.4 is 4.74 Å². The maximum Gasteiger partial charge on any atom is 0.342 e. The molecule has 7 nitrogen and oxygen atoms in total. The second-order valence-electron chi connectivity index (χ2n) is 9.98. The fourth-order valence-electron chi connectivity index (χ4n) is 4.57. The Kier molecular flexibility index (Phi) is 8.49. The van der Waals surface area contributed by atoms with Crippen LogP contribution in [0.2, 0.25) is 0 Å². The van der Waals surface area contributed by atoms with Crippen molar-refractivity contribution in [3.8, 4) is 16.9 Å². The van der Waals surface area contributed by atoms with E-state index in [-0.39, 0.29) is 18.8 Å². The molecule has 1 saturated heterocycles. The number of methoxy groups -OCH3 is 1. The SMILES string of the molecule is COCOc1cc(-c2ccccc2)cc2c1C(=O)O[C@@H](C)[C@H](C)/C=C\C(O)[C@H]1OC(C)(C)O[C@H]1C/C=C/2. The van der Waals surface area contributed by atoms with Gasteiger partial charge in [0.1, 0.15) is 29.6 Å². The van der Waals surface area contributed by atoms with Crippen molar-refractivity contribution in [2.24, 2.45) is 5.92 Å². The molecule has 1 unspecified atom stereocenters. The molecule has 2 aliphatic heterocycles. The van der Waals surface area contributed by atoms with Crippen molar-refractivity contribution in [2.75, 3.05) is 13.9 Å². The van der Waals surface area contributed by atoms with Gasteiger partial charge in [0, 0.05) is 13.0 Å². The van der Waals surface area contributed by atoms with E-state index < -0.39 is 30.1 Å². The Morgan fingerprint density at radius 1 is 1.05 bits per heavy atom. The molecule has 2 aliphatic rings. The highest BCUT2D eigenvalue weighted by molar-refractivity contribution is 5.98. The molecule has 4 rings (SSSR count). The van der Waals surface area contributed by atoms with Crippen LogP contribution >= 0.6 is 0 Å². The van der Waals surface area contributed by atoms with E-state index >= 15 is 0 Å². The molecule has 1 fully saturated rings. The molecule has 0 saturated carbocycles. The van der Waals surface area contributed by atoms with Crippen molar-refractivity contribution in [1.29, 1.82) is 0 Å². The van der Waals surface area contributed by atoms with Gasteiger partial charge in [-0.15, -0.1) is 0 Å².